The van der Waals surface area contributed by atoms with Crippen LogP contribution in [-0.2, 0) is 14.6 Å². The molecule has 18 heavy (non-hydrogen) atoms. The topological polar surface area (TPSA) is 69.4 Å². The number of hydrogen-bond donors (Lipinski definition) is 1. The summed E-state index contributed by atoms with van der Waals surface area (Å²) < 4.78 is 29.3. The lowest BCUT2D eigenvalue weighted by atomic mass is 9.79. The Morgan fingerprint density at radius 2 is 1.89 bits per heavy atom. The molecule has 4 nitrogen and oxygen atoms in total. The zero-order valence-corrected chi connectivity index (χ0v) is 12.6. The third-order valence-electron chi connectivity index (χ3n) is 4.05. The van der Waals surface area contributed by atoms with Crippen LogP contribution in [-0.4, -0.2) is 38.2 Å². The summed E-state index contributed by atoms with van der Waals surface area (Å²) in [5.74, 6) is 0.829. The Morgan fingerprint density at radius 3 is 2.33 bits per heavy atom. The van der Waals surface area contributed by atoms with E-state index in [0.29, 0.717) is 6.54 Å². The molecular formula is C13H27NO3S. The Labute approximate surface area is 111 Å². The Balaban J connectivity index is 2.46. The van der Waals surface area contributed by atoms with Gasteiger partial charge in [0.25, 0.3) is 0 Å². The standard InChI is InChI=1S/C13H27NO3S/c1-11(2)18(15,16)9-8-17-13(10-14)6-4-12(3)5-7-13/h11-12H,4-10,14H2,1-3H3. The van der Waals surface area contributed by atoms with Crippen molar-refractivity contribution in [3.63, 3.8) is 0 Å². The summed E-state index contributed by atoms with van der Waals surface area (Å²) in [6, 6.07) is 0. The molecule has 0 spiro atoms. The fourth-order valence-corrected chi connectivity index (χ4v) is 3.09. The second-order valence-electron chi connectivity index (χ2n) is 5.83. The molecule has 1 fully saturated rings. The van der Waals surface area contributed by atoms with Crippen molar-refractivity contribution >= 4 is 9.84 Å². The minimum atomic E-state index is -3.01. The van der Waals surface area contributed by atoms with Crippen molar-refractivity contribution < 1.29 is 13.2 Å². The molecule has 0 radical (unpaired) electrons. The van der Waals surface area contributed by atoms with E-state index >= 15 is 0 Å². The molecule has 0 amide bonds. The third kappa shape index (κ3) is 4.21. The normalized spacial score (nSPS) is 29.7. The van der Waals surface area contributed by atoms with Gasteiger partial charge in [0.1, 0.15) is 0 Å². The first kappa shape index (κ1) is 15.9. The van der Waals surface area contributed by atoms with Crippen molar-refractivity contribution in [3.8, 4) is 0 Å². The lowest BCUT2D eigenvalue weighted by Gasteiger charge is -2.38. The highest BCUT2D eigenvalue weighted by atomic mass is 32.2. The first-order valence-electron chi connectivity index (χ1n) is 6.87. The maximum atomic E-state index is 11.7. The average molecular weight is 277 g/mol. The molecule has 0 unspecified atom stereocenters. The zero-order chi connectivity index (χ0) is 13.8. The summed E-state index contributed by atoms with van der Waals surface area (Å²) in [5.41, 5.74) is 5.54. The number of ether oxygens (including phenoxy) is 1. The van der Waals surface area contributed by atoms with E-state index in [-0.39, 0.29) is 23.2 Å². The van der Waals surface area contributed by atoms with E-state index in [4.69, 9.17) is 10.5 Å². The Hall–Kier alpha value is -0.130. The van der Waals surface area contributed by atoms with Gasteiger partial charge < -0.3 is 10.5 Å². The van der Waals surface area contributed by atoms with E-state index in [1.165, 1.54) is 0 Å². The first-order chi connectivity index (χ1) is 8.31. The second kappa shape index (κ2) is 6.35. The van der Waals surface area contributed by atoms with Crippen LogP contribution in [0.5, 0.6) is 0 Å². The second-order valence-corrected chi connectivity index (χ2v) is 8.51. The lowest BCUT2D eigenvalue weighted by molar-refractivity contribution is -0.0636. The summed E-state index contributed by atoms with van der Waals surface area (Å²) in [6.07, 6.45) is 4.14. The summed E-state index contributed by atoms with van der Waals surface area (Å²) in [6.45, 7) is 6.41. The molecule has 1 rings (SSSR count). The van der Waals surface area contributed by atoms with Crippen molar-refractivity contribution in [2.45, 2.75) is 57.3 Å². The van der Waals surface area contributed by atoms with Gasteiger partial charge in [0.05, 0.1) is 23.2 Å². The first-order valence-corrected chi connectivity index (χ1v) is 8.58. The zero-order valence-electron chi connectivity index (χ0n) is 11.8. The van der Waals surface area contributed by atoms with Gasteiger partial charge in [-0.1, -0.05) is 6.92 Å². The van der Waals surface area contributed by atoms with E-state index < -0.39 is 9.84 Å². The minimum Gasteiger partial charge on any atom is -0.373 e. The van der Waals surface area contributed by atoms with E-state index in [2.05, 4.69) is 6.92 Å². The molecule has 0 atom stereocenters. The van der Waals surface area contributed by atoms with Crippen LogP contribution in [0.15, 0.2) is 0 Å². The highest BCUT2D eigenvalue weighted by Gasteiger charge is 2.34. The predicted molar refractivity (Wildman–Crippen MR) is 74.3 cm³/mol. The monoisotopic (exact) mass is 277 g/mol. The van der Waals surface area contributed by atoms with Crippen molar-refractivity contribution in [3.05, 3.63) is 0 Å². The molecule has 2 N–H and O–H groups in total. The maximum Gasteiger partial charge on any atom is 0.154 e. The quantitative estimate of drug-likeness (QED) is 0.803. The molecule has 5 heteroatoms. The SMILES string of the molecule is CC1CCC(CN)(OCCS(=O)(=O)C(C)C)CC1. The van der Waals surface area contributed by atoms with E-state index in [1.54, 1.807) is 13.8 Å². The molecule has 0 bridgehead atoms. The number of hydrogen-bond acceptors (Lipinski definition) is 4. The van der Waals surface area contributed by atoms with Gasteiger partial charge in [-0.3, -0.25) is 0 Å². The van der Waals surface area contributed by atoms with Gasteiger partial charge >= 0.3 is 0 Å². The van der Waals surface area contributed by atoms with Gasteiger partial charge in [-0.15, -0.1) is 0 Å². The van der Waals surface area contributed by atoms with Crippen LogP contribution in [0.3, 0.4) is 0 Å². The van der Waals surface area contributed by atoms with Crippen molar-refractivity contribution in [1.29, 1.82) is 0 Å². The van der Waals surface area contributed by atoms with Gasteiger partial charge in [-0.2, -0.15) is 0 Å². The molecular weight excluding hydrogens is 250 g/mol. The molecule has 0 aromatic carbocycles. The lowest BCUT2D eigenvalue weighted by Crippen LogP contribution is -2.44. The van der Waals surface area contributed by atoms with Gasteiger partial charge in [-0.05, 0) is 45.4 Å². The van der Waals surface area contributed by atoms with Crippen LogP contribution in [0.25, 0.3) is 0 Å². The molecule has 0 heterocycles. The third-order valence-corrected chi connectivity index (χ3v) is 6.22. The smallest absolute Gasteiger partial charge is 0.154 e. The van der Waals surface area contributed by atoms with Crippen molar-refractivity contribution in [2.75, 3.05) is 18.9 Å². The predicted octanol–water partition coefficient (Wildman–Crippen LogP) is 1.73. The van der Waals surface area contributed by atoms with Crippen LogP contribution < -0.4 is 5.73 Å². The van der Waals surface area contributed by atoms with Crippen LogP contribution in [0.4, 0.5) is 0 Å². The van der Waals surface area contributed by atoms with Gasteiger partial charge in [0, 0.05) is 6.54 Å². The molecule has 108 valence electrons. The van der Waals surface area contributed by atoms with E-state index in [1.807, 2.05) is 0 Å². The van der Waals surface area contributed by atoms with Crippen LogP contribution in [0.1, 0.15) is 46.5 Å². The van der Waals surface area contributed by atoms with Gasteiger partial charge in [0.2, 0.25) is 0 Å². The van der Waals surface area contributed by atoms with Crippen LogP contribution in [0.2, 0.25) is 0 Å². The van der Waals surface area contributed by atoms with E-state index in [9.17, 15) is 8.42 Å². The molecule has 1 saturated carbocycles. The molecule has 0 aromatic rings. The van der Waals surface area contributed by atoms with Gasteiger partial charge in [-0.25, -0.2) is 8.42 Å². The summed E-state index contributed by atoms with van der Waals surface area (Å²) >= 11 is 0. The summed E-state index contributed by atoms with van der Waals surface area (Å²) in [7, 11) is -3.01. The summed E-state index contributed by atoms with van der Waals surface area (Å²) in [4.78, 5) is 0. The molecule has 0 aliphatic heterocycles. The number of rotatable bonds is 6. The minimum absolute atomic E-state index is 0.0992. The fourth-order valence-electron chi connectivity index (χ4n) is 2.31. The highest BCUT2D eigenvalue weighted by molar-refractivity contribution is 7.91. The van der Waals surface area contributed by atoms with Crippen LogP contribution in [0, 0.1) is 5.92 Å². The Kier molecular flexibility index (Phi) is 5.62. The fraction of sp³-hybridized carbons (Fsp3) is 1.00. The molecule has 0 saturated heterocycles. The van der Waals surface area contributed by atoms with Crippen LogP contribution >= 0.6 is 0 Å². The average Bonchev–Trinajstić information content (AvgIpc) is 2.32. The Bertz CT molecular complexity index is 343. The van der Waals surface area contributed by atoms with Crippen molar-refractivity contribution in [2.24, 2.45) is 11.7 Å². The molecule has 1 aliphatic carbocycles. The largest absolute Gasteiger partial charge is 0.373 e. The molecule has 1 aliphatic rings. The Morgan fingerprint density at radius 1 is 1.33 bits per heavy atom. The summed E-state index contributed by atoms with van der Waals surface area (Å²) in [5, 5.41) is -0.332. The maximum absolute atomic E-state index is 11.7. The number of sulfone groups is 1. The van der Waals surface area contributed by atoms with Crippen molar-refractivity contribution in [1.82, 2.24) is 0 Å². The number of nitrogens with two attached hydrogens (primary N) is 1. The highest BCUT2D eigenvalue weighted by Crippen LogP contribution is 2.34. The molecule has 0 aromatic heterocycles. The van der Waals surface area contributed by atoms with Gasteiger partial charge in [0.15, 0.2) is 9.84 Å². The van der Waals surface area contributed by atoms with E-state index in [0.717, 1.165) is 31.6 Å².